The number of benzene rings is 2. The van der Waals surface area contributed by atoms with Gasteiger partial charge >= 0.3 is 6.03 Å². The number of nitrogens with two attached hydrogens (primary N) is 1. The first-order chi connectivity index (χ1) is 14.7. The molecule has 1 fully saturated rings. The van der Waals surface area contributed by atoms with Gasteiger partial charge in [0.1, 0.15) is 5.69 Å². The van der Waals surface area contributed by atoms with Crippen LogP contribution in [0.3, 0.4) is 0 Å². The van der Waals surface area contributed by atoms with Crippen molar-refractivity contribution in [2.45, 2.75) is 18.9 Å². The maximum absolute atomic E-state index is 14.8. The highest BCUT2D eigenvalue weighted by molar-refractivity contribution is 6.17. The van der Waals surface area contributed by atoms with E-state index in [1.165, 1.54) is 7.05 Å². The predicted molar refractivity (Wildman–Crippen MR) is 114 cm³/mol. The Morgan fingerprint density at radius 2 is 1.71 bits per heavy atom. The Morgan fingerprint density at radius 1 is 1.13 bits per heavy atom. The van der Waals surface area contributed by atoms with Crippen LogP contribution in [-0.4, -0.2) is 35.6 Å². The summed E-state index contributed by atoms with van der Waals surface area (Å²) in [6.45, 7) is 1.55. The van der Waals surface area contributed by atoms with Crippen molar-refractivity contribution in [1.29, 1.82) is 5.41 Å². The van der Waals surface area contributed by atoms with Crippen molar-refractivity contribution in [3.05, 3.63) is 77.0 Å². The van der Waals surface area contributed by atoms with Gasteiger partial charge in [-0.05, 0) is 31.2 Å². The summed E-state index contributed by atoms with van der Waals surface area (Å²) in [7, 11) is 1.38. The molecule has 2 aromatic carbocycles. The minimum absolute atomic E-state index is 0.0647. The van der Waals surface area contributed by atoms with E-state index in [0.29, 0.717) is 10.5 Å². The van der Waals surface area contributed by atoms with Gasteiger partial charge in [-0.25, -0.2) is 18.5 Å². The van der Waals surface area contributed by atoms with E-state index in [9.17, 15) is 18.4 Å². The molecule has 158 valence electrons. The molecular formula is C23H20F2N4O2. The topological polar surface area (TPSA) is 90.5 Å². The zero-order chi connectivity index (χ0) is 22.8. The van der Waals surface area contributed by atoms with Gasteiger partial charge in [0.25, 0.3) is 0 Å². The lowest BCUT2D eigenvalue weighted by atomic mass is 9.85. The summed E-state index contributed by atoms with van der Waals surface area (Å²) in [6, 6.07) is 9.93. The molecule has 0 saturated carbocycles. The van der Waals surface area contributed by atoms with E-state index in [1.807, 2.05) is 6.07 Å². The van der Waals surface area contributed by atoms with Gasteiger partial charge in [0.05, 0.1) is 12.0 Å². The molecular weight excluding hydrogens is 402 g/mol. The molecule has 2 aromatic rings. The Morgan fingerprint density at radius 3 is 2.26 bits per heavy atom. The van der Waals surface area contributed by atoms with Crippen molar-refractivity contribution in [3.8, 4) is 11.8 Å². The Balaban J connectivity index is 1.98. The first-order valence-electron chi connectivity index (χ1n) is 9.32. The van der Waals surface area contributed by atoms with Gasteiger partial charge in [0.15, 0.2) is 11.6 Å². The van der Waals surface area contributed by atoms with Crippen molar-refractivity contribution in [1.82, 2.24) is 4.90 Å². The Labute approximate surface area is 178 Å². The molecule has 0 aliphatic carbocycles. The number of likely N-dealkylation sites (N-methyl/N-ethyl adjacent to an activating group) is 1. The number of anilines is 1. The average molecular weight is 422 g/mol. The maximum Gasteiger partial charge on any atom is 0.332 e. The van der Waals surface area contributed by atoms with E-state index in [4.69, 9.17) is 11.1 Å². The fraction of sp³-hybridized carbons (Fsp3) is 0.174. The SMILES string of the molecule is CN1C(=O)N(c2c(F)cc(C#Cc3ccccc3)cc2F)C(=O)C[C@@]1(C)/C(C=N)=C/N. The molecule has 0 bridgehead atoms. The van der Waals surface area contributed by atoms with Crippen LogP contribution in [0, 0.1) is 28.9 Å². The summed E-state index contributed by atoms with van der Waals surface area (Å²) in [5.74, 6) is 2.49. The van der Waals surface area contributed by atoms with Gasteiger partial charge in [-0.15, -0.1) is 0 Å². The van der Waals surface area contributed by atoms with Crippen molar-refractivity contribution >= 4 is 23.8 Å². The molecule has 1 atom stereocenters. The monoisotopic (exact) mass is 422 g/mol. The van der Waals surface area contributed by atoms with Gasteiger partial charge in [-0.3, -0.25) is 4.79 Å². The Kier molecular flexibility index (Phi) is 5.88. The van der Waals surface area contributed by atoms with E-state index in [1.54, 1.807) is 31.2 Å². The van der Waals surface area contributed by atoms with Crippen molar-refractivity contribution in [2.24, 2.45) is 5.73 Å². The molecule has 3 rings (SSSR count). The first-order valence-corrected chi connectivity index (χ1v) is 9.32. The van der Waals surface area contributed by atoms with E-state index in [0.717, 1.165) is 29.4 Å². The highest BCUT2D eigenvalue weighted by Crippen LogP contribution is 2.36. The number of imide groups is 1. The van der Waals surface area contributed by atoms with Crippen LogP contribution >= 0.6 is 0 Å². The number of hydrogen-bond acceptors (Lipinski definition) is 4. The molecule has 1 aliphatic rings. The number of nitrogens with zero attached hydrogens (tertiary/aromatic N) is 2. The van der Waals surface area contributed by atoms with Gasteiger partial charge < -0.3 is 16.0 Å². The van der Waals surface area contributed by atoms with Crippen LogP contribution in [0.4, 0.5) is 19.3 Å². The third kappa shape index (κ3) is 3.90. The molecule has 1 heterocycles. The van der Waals surface area contributed by atoms with Crippen LogP contribution in [0.15, 0.2) is 54.2 Å². The first kappa shape index (κ1) is 21.7. The molecule has 6 nitrogen and oxygen atoms in total. The van der Waals surface area contributed by atoms with Crippen LogP contribution in [0.1, 0.15) is 24.5 Å². The van der Waals surface area contributed by atoms with Gasteiger partial charge in [0.2, 0.25) is 5.91 Å². The van der Waals surface area contributed by atoms with E-state index >= 15 is 0 Å². The molecule has 0 radical (unpaired) electrons. The van der Waals surface area contributed by atoms with Crippen LogP contribution in [-0.2, 0) is 4.79 Å². The number of halogens is 2. The summed E-state index contributed by atoms with van der Waals surface area (Å²) >= 11 is 0. The Bertz CT molecular complexity index is 1130. The zero-order valence-corrected chi connectivity index (χ0v) is 16.9. The molecule has 1 aliphatic heterocycles. The molecule has 0 aromatic heterocycles. The van der Waals surface area contributed by atoms with Crippen molar-refractivity contribution in [3.63, 3.8) is 0 Å². The molecule has 3 amide bonds. The standard InChI is InChI=1S/C23H20F2N4O2/c1-23(17(13-26)14-27)12-20(30)29(22(31)28(23)2)21-18(24)10-16(11-19(21)25)9-8-15-6-4-3-5-7-15/h3-7,10-11,13-14,26H,12,27H2,1-2H3/b17-14+,26-13?/t23-/m0/s1. The number of carbonyl (C=O) groups is 2. The lowest BCUT2D eigenvalue weighted by Crippen LogP contribution is -2.62. The Hall–Kier alpha value is -3.99. The highest BCUT2D eigenvalue weighted by atomic mass is 19.1. The quantitative estimate of drug-likeness (QED) is 0.587. The van der Waals surface area contributed by atoms with Gasteiger partial charge in [-0.1, -0.05) is 30.0 Å². The van der Waals surface area contributed by atoms with Crippen molar-refractivity contribution < 1.29 is 18.4 Å². The summed E-state index contributed by atoms with van der Waals surface area (Å²) in [6.07, 6.45) is 1.76. The van der Waals surface area contributed by atoms with Gasteiger partial charge in [0, 0.05) is 36.2 Å². The number of hydrogen-bond donors (Lipinski definition) is 2. The minimum Gasteiger partial charge on any atom is -0.404 e. The molecule has 0 unspecified atom stereocenters. The fourth-order valence-corrected chi connectivity index (χ4v) is 3.38. The number of rotatable bonds is 3. The maximum atomic E-state index is 14.8. The van der Waals surface area contributed by atoms with E-state index < -0.39 is 34.8 Å². The number of amides is 3. The van der Waals surface area contributed by atoms with Crippen LogP contribution in [0.5, 0.6) is 0 Å². The number of nitrogens with one attached hydrogen (secondary N) is 1. The van der Waals surface area contributed by atoms with Crippen LogP contribution in [0.2, 0.25) is 0 Å². The normalized spacial score (nSPS) is 19.2. The highest BCUT2D eigenvalue weighted by Gasteiger charge is 2.48. The van der Waals surface area contributed by atoms with E-state index in [2.05, 4.69) is 11.8 Å². The second-order valence-corrected chi connectivity index (χ2v) is 7.19. The summed E-state index contributed by atoms with van der Waals surface area (Å²) in [5, 5.41) is 7.48. The zero-order valence-electron chi connectivity index (χ0n) is 16.9. The van der Waals surface area contributed by atoms with Crippen molar-refractivity contribution in [2.75, 3.05) is 11.9 Å². The molecule has 1 saturated heterocycles. The van der Waals surface area contributed by atoms with E-state index in [-0.39, 0.29) is 17.6 Å². The average Bonchev–Trinajstić information content (AvgIpc) is 2.74. The summed E-state index contributed by atoms with van der Waals surface area (Å²) < 4.78 is 29.7. The lowest BCUT2D eigenvalue weighted by Gasteiger charge is -2.45. The van der Waals surface area contributed by atoms with Crippen LogP contribution in [0.25, 0.3) is 0 Å². The molecule has 3 N–H and O–H groups in total. The molecule has 31 heavy (non-hydrogen) atoms. The van der Waals surface area contributed by atoms with Gasteiger partial charge in [-0.2, -0.15) is 0 Å². The second kappa shape index (κ2) is 8.40. The summed E-state index contributed by atoms with van der Waals surface area (Å²) in [5.41, 5.74) is 4.51. The number of carbonyl (C=O) groups excluding carboxylic acids is 2. The summed E-state index contributed by atoms with van der Waals surface area (Å²) in [4.78, 5) is 27.3. The smallest absolute Gasteiger partial charge is 0.332 e. The number of urea groups is 1. The third-order valence-corrected chi connectivity index (χ3v) is 5.29. The second-order valence-electron chi connectivity index (χ2n) is 7.19. The largest absolute Gasteiger partial charge is 0.404 e. The third-order valence-electron chi connectivity index (χ3n) is 5.29. The molecule has 8 heteroatoms. The lowest BCUT2D eigenvalue weighted by molar-refractivity contribution is -0.121. The minimum atomic E-state index is -1.21. The molecule has 0 spiro atoms. The predicted octanol–water partition coefficient (Wildman–Crippen LogP) is 3.40. The van der Waals surface area contributed by atoms with Crippen LogP contribution < -0.4 is 10.6 Å². The fourth-order valence-electron chi connectivity index (χ4n) is 3.38.